The summed E-state index contributed by atoms with van der Waals surface area (Å²) in [6.45, 7) is 3.65. The number of thiophene rings is 1. The van der Waals surface area contributed by atoms with Crippen molar-refractivity contribution in [3.63, 3.8) is 0 Å². The Hall–Kier alpha value is -0.740. The maximum atomic E-state index is 6.13. The van der Waals surface area contributed by atoms with E-state index in [0.717, 1.165) is 33.0 Å². The first-order chi connectivity index (χ1) is 9.66. The van der Waals surface area contributed by atoms with E-state index >= 15 is 0 Å². The van der Waals surface area contributed by atoms with Crippen LogP contribution in [0.2, 0.25) is 8.67 Å². The SMILES string of the molecule is CC(NCCCOc1ccccc1)c1cc(Cl)sc1Cl. The van der Waals surface area contributed by atoms with E-state index in [1.54, 1.807) is 0 Å². The average molecular weight is 330 g/mol. The van der Waals surface area contributed by atoms with Crippen LogP contribution >= 0.6 is 34.5 Å². The quantitative estimate of drug-likeness (QED) is 0.707. The van der Waals surface area contributed by atoms with E-state index in [4.69, 9.17) is 27.9 Å². The van der Waals surface area contributed by atoms with Crippen LogP contribution < -0.4 is 10.1 Å². The van der Waals surface area contributed by atoms with Crippen molar-refractivity contribution in [1.29, 1.82) is 0 Å². The van der Waals surface area contributed by atoms with Gasteiger partial charge < -0.3 is 10.1 Å². The Morgan fingerprint density at radius 2 is 2.00 bits per heavy atom. The number of rotatable bonds is 7. The molecule has 0 saturated carbocycles. The fourth-order valence-electron chi connectivity index (χ4n) is 1.86. The first-order valence-electron chi connectivity index (χ1n) is 6.53. The minimum atomic E-state index is 0.197. The zero-order valence-electron chi connectivity index (χ0n) is 11.2. The van der Waals surface area contributed by atoms with Gasteiger partial charge in [-0.25, -0.2) is 0 Å². The third-order valence-corrected chi connectivity index (χ3v) is 4.45. The summed E-state index contributed by atoms with van der Waals surface area (Å²) in [5, 5.41) is 3.42. The molecule has 2 aromatic rings. The van der Waals surface area contributed by atoms with Crippen LogP contribution in [-0.2, 0) is 0 Å². The molecule has 0 amide bonds. The van der Waals surface area contributed by atoms with Crippen LogP contribution in [0.25, 0.3) is 0 Å². The molecule has 0 bridgehead atoms. The van der Waals surface area contributed by atoms with Gasteiger partial charge in [-0.05, 0) is 43.7 Å². The number of nitrogens with one attached hydrogen (secondary N) is 1. The van der Waals surface area contributed by atoms with Crippen molar-refractivity contribution in [3.8, 4) is 5.75 Å². The van der Waals surface area contributed by atoms with Crippen LogP contribution in [0.4, 0.5) is 0 Å². The van der Waals surface area contributed by atoms with Crippen LogP contribution in [-0.4, -0.2) is 13.2 Å². The van der Waals surface area contributed by atoms with Crippen LogP contribution in [0.1, 0.15) is 24.9 Å². The molecule has 0 aliphatic heterocycles. The monoisotopic (exact) mass is 329 g/mol. The highest BCUT2D eigenvalue weighted by atomic mass is 35.5. The van der Waals surface area contributed by atoms with Gasteiger partial charge in [0.05, 0.1) is 15.3 Å². The van der Waals surface area contributed by atoms with Gasteiger partial charge in [-0.15, -0.1) is 11.3 Å². The van der Waals surface area contributed by atoms with E-state index in [0.29, 0.717) is 6.61 Å². The molecule has 1 aromatic heterocycles. The molecule has 0 saturated heterocycles. The zero-order valence-corrected chi connectivity index (χ0v) is 13.6. The highest BCUT2D eigenvalue weighted by Crippen LogP contribution is 2.34. The maximum absolute atomic E-state index is 6.13. The van der Waals surface area contributed by atoms with Crippen LogP contribution in [0.15, 0.2) is 36.4 Å². The zero-order chi connectivity index (χ0) is 14.4. The Bertz CT molecular complexity index is 530. The number of ether oxygens (including phenoxy) is 1. The predicted molar refractivity (Wildman–Crippen MR) is 87.3 cm³/mol. The molecule has 1 N–H and O–H groups in total. The van der Waals surface area contributed by atoms with Gasteiger partial charge in [0.25, 0.3) is 0 Å². The van der Waals surface area contributed by atoms with Gasteiger partial charge in [0.15, 0.2) is 0 Å². The van der Waals surface area contributed by atoms with Gasteiger partial charge in [0, 0.05) is 6.04 Å². The Morgan fingerprint density at radius 3 is 2.65 bits per heavy atom. The smallest absolute Gasteiger partial charge is 0.119 e. The summed E-state index contributed by atoms with van der Waals surface area (Å²) in [6.07, 6.45) is 0.939. The Labute approximate surface area is 133 Å². The van der Waals surface area contributed by atoms with Crippen molar-refractivity contribution in [3.05, 3.63) is 50.6 Å². The molecule has 1 heterocycles. The molecule has 0 aliphatic carbocycles. The van der Waals surface area contributed by atoms with Crippen molar-refractivity contribution in [1.82, 2.24) is 5.32 Å². The molecule has 2 rings (SSSR count). The Kier molecular flexibility index (Phi) is 6.17. The second-order valence-corrected chi connectivity index (χ2v) is 6.76. The largest absolute Gasteiger partial charge is 0.494 e. The van der Waals surface area contributed by atoms with Crippen LogP contribution in [0.3, 0.4) is 0 Å². The van der Waals surface area contributed by atoms with Gasteiger partial charge in [-0.3, -0.25) is 0 Å². The number of halogens is 2. The highest BCUT2D eigenvalue weighted by Gasteiger charge is 2.12. The van der Waals surface area contributed by atoms with Gasteiger partial charge >= 0.3 is 0 Å². The van der Waals surface area contributed by atoms with Crippen molar-refractivity contribution in [2.24, 2.45) is 0 Å². The lowest BCUT2D eigenvalue weighted by molar-refractivity contribution is 0.305. The first kappa shape index (κ1) is 15.6. The summed E-state index contributed by atoms with van der Waals surface area (Å²) in [4.78, 5) is 0. The third kappa shape index (κ3) is 4.67. The molecule has 2 nitrogen and oxygen atoms in total. The molecule has 0 fully saturated rings. The molecule has 0 spiro atoms. The summed E-state index contributed by atoms with van der Waals surface area (Å²) in [5.41, 5.74) is 1.06. The van der Waals surface area contributed by atoms with E-state index in [1.807, 2.05) is 36.4 Å². The van der Waals surface area contributed by atoms with E-state index < -0.39 is 0 Å². The van der Waals surface area contributed by atoms with E-state index in [1.165, 1.54) is 11.3 Å². The molecule has 0 radical (unpaired) electrons. The van der Waals surface area contributed by atoms with E-state index in [-0.39, 0.29) is 6.04 Å². The maximum Gasteiger partial charge on any atom is 0.119 e. The normalized spacial score (nSPS) is 12.3. The highest BCUT2D eigenvalue weighted by molar-refractivity contribution is 7.20. The second kappa shape index (κ2) is 7.89. The fraction of sp³-hybridized carbons (Fsp3) is 0.333. The van der Waals surface area contributed by atoms with Crippen molar-refractivity contribution in [2.45, 2.75) is 19.4 Å². The fourth-order valence-corrected chi connectivity index (χ4v) is 3.50. The minimum absolute atomic E-state index is 0.197. The van der Waals surface area contributed by atoms with Crippen LogP contribution in [0.5, 0.6) is 5.75 Å². The predicted octanol–water partition coefficient (Wildman–Crippen LogP) is 5.17. The third-order valence-electron chi connectivity index (χ3n) is 2.93. The molecular formula is C15H17Cl2NOS. The number of benzene rings is 1. The molecule has 1 atom stereocenters. The lowest BCUT2D eigenvalue weighted by Gasteiger charge is -2.13. The van der Waals surface area contributed by atoms with Crippen molar-refractivity contribution in [2.75, 3.05) is 13.2 Å². The lowest BCUT2D eigenvalue weighted by atomic mass is 10.2. The first-order valence-corrected chi connectivity index (χ1v) is 8.10. The van der Waals surface area contributed by atoms with Crippen LogP contribution in [0, 0.1) is 0 Å². The van der Waals surface area contributed by atoms with Gasteiger partial charge in [-0.1, -0.05) is 41.4 Å². The molecule has 1 aromatic carbocycles. The van der Waals surface area contributed by atoms with Crippen molar-refractivity contribution >= 4 is 34.5 Å². The van der Waals surface area contributed by atoms with Gasteiger partial charge in [0.1, 0.15) is 5.75 Å². The number of para-hydroxylation sites is 1. The summed E-state index contributed by atoms with van der Waals surface area (Å²) in [7, 11) is 0. The van der Waals surface area contributed by atoms with Gasteiger partial charge in [-0.2, -0.15) is 0 Å². The summed E-state index contributed by atoms with van der Waals surface area (Å²) in [5.74, 6) is 0.910. The minimum Gasteiger partial charge on any atom is -0.494 e. The molecule has 108 valence electrons. The van der Waals surface area contributed by atoms with E-state index in [2.05, 4.69) is 12.2 Å². The number of hydrogen-bond acceptors (Lipinski definition) is 3. The summed E-state index contributed by atoms with van der Waals surface area (Å²) < 4.78 is 7.12. The molecule has 5 heteroatoms. The topological polar surface area (TPSA) is 21.3 Å². The van der Waals surface area contributed by atoms with Gasteiger partial charge in [0.2, 0.25) is 0 Å². The molecule has 20 heavy (non-hydrogen) atoms. The van der Waals surface area contributed by atoms with E-state index in [9.17, 15) is 0 Å². The summed E-state index contributed by atoms with van der Waals surface area (Å²) >= 11 is 13.5. The Morgan fingerprint density at radius 1 is 1.25 bits per heavy atom. The molecule has 1 unspecified atom stereocenters. The summed E-state index contributed by atoms with van der Waals surface area (Å²) in [6, 6.07) is 12.0. The standard InChI is InChI=1S/C15H17Cl2NOS/c1-11(13-10-14(16)20-15(13)17)18-8-5-9-19-12-6-3-2-4-7-12/h2-4,6-7,10-11,18H,5,8-9H2,1H3. The molecule has 0 aliphatic rings. The Balaban J connectivity index is 1.67. The lowest BCUT2D eigenvalue weighted by Crippen LogP contribution is -2.21. The van der Waals surface area contributed by atoms with Crippen molar-refractivity contribution < 1.29 is 4.74 Å². The second-order valence-electron chi connectivity index (χ2n) is 4.47. The number of hydrogen-bond donors (Lipinski definition) is 1. The molecular weight excluding hydrogens is 313 g/mol. The average Bonchev–Trinajstić information content (AvgIpc) is 2.78.